The smallest absolute Gasteiger partial charge is 0.274 e. The first-order valence-electron chi connectivity index (χ1n) is 3.11. The molecule has 0 fully saturated rings. The number of nitrogens with zero attached hydrogens (tertiary/aromatic N) is 1. The molecule has 0 spiro atoms. The van der Waals surface area contributed by atoms with E-state index >= 15 is 0 Å². The summed E-state index contributed by atoms with van der Waals surface area (Å²) >= 11 is 0. The number of rotatable bonds is 0. The highest BCUT2D eigenvalue weighted by Gasteiger charge is 2.07. The Hall–Kier alpha value is -1.38. The van der Waals surface area contributed by atoms with Crippen molar-refractivity contribution in [1.82, 2.24) is 4.98 Å². The molecule has 50 valence electrons. The Morgan fingerprint density at radius 3 is 3.30 bits per heavy atom. The summed E-state index contributed by atoms with van der Waals surface area (Å²) in [5.41, 5.74) is 1.50. The normalized spacial score (nSPS) is 13.6. The third kappa shape index (κ3) is 0.603. The van der Waals surface area contributed by atoms with Crippen LogP contribution in [-0.4, -0.2) is 11.2 Å². The number of H-pyrrole nitrogens is 1. The molecule has 1 aromatic rings. The van der Waals surface area contributed by atoms with E-state index in [2.05, 4.69) is 9.98 Å². The fraction of sp³-hybridized carbons (Fsp3) is 0.143. The van der Waals surface area contributed by atoms with E-state index in [0.717, 1.165) is 12.0 Å². The van der Waals surface area contributed by atoms with Gasteiger partial charge in [-0.1, -0.05) is 0 Å². The van der Waals surface area contributed by atoms with Gasteiger partial charge in [0.05, 0.1) is 0 Å². The number of fused-ring (bicyclic) bond motifs is 1. The maximum atomic E-state index is 10.9. The van der Waals surface area contributed by atoms with Gasteiger partial charge in [0.2, 0.25) is 0 Å². The van der Waals surface area contributed by atoms with Crippen molar-refractivity contribution in [3.8, 4) is 0 Å². The fourth-order valence-electron chi connectivity index (χ4n) is 1.05. The molecule has 0 aliphatic carbocycles. The van der Waals surface area contributed by atoms with Crippen molar-refractivity contribution >= 4 is 11.9 Å². The zero-order chi connectivity index (χ0) is 6.97. The zero-order valence-corrected chi connectivity index (χ0v) is 5.29. The molecular weight excluding hydrogens is 128 g/mol. The zero-order valence-electron chi connectivity index (χ0n) is 5.29. The molecule has 3 nitrogen and oxygen atoms in total. The minimum atomic E-state index is -0.0914. The van der Waals surface area contributed by atoms with Crippen LogP contribution < -0.4 is 5.56 Å². The topological polar surface area (TPSA) is 45.2 Å². The quantitative estimate of drug-likeness (QED) is 0.555. The first-order valence-corrected chi connectivity index (χ1v) is 3.11. The predicted molar refractivity (Wildman–Crippen MR) is 38.9 cm³/mol. The molecule has 0 unspecified atom stereocenters. The number of aromatic nitrogens is 1. The van der Waals surface area contributed by atoms with E-state index in [9.17, 15) is 4.79 Å². The second-order valence-electron chi connectivity index (χ2n) is 2.20. The van der Waals surface area contributed by atoms with Crippen LogP contribution in [0.3, 0.4) is 0 Å². The third-order valence-electron chi connectivity index (χ3n) is 1.55. The Morgan fingerprint density at radius 2 is 2.50 bits per heavy atom. The van der Waals surface area contributed by atoms with Crippen molar-refractivity contribution < 1.29 is 0 Å². The van der Waals surface area contributed by atoms with Gasteiger partial charge in [-0.2, -0.15) is 0 Å². The summed E-state index contributed by atoms with van der Waals surface area (Å²) in [6.07, 6.45) is 4.19. The number of aliphatic imine (C=N–C) groups is 1. The molecule has 0 atom stereocenters. The number of hydrogen-bond donors (Lipinski definition) is 1. The molecule has 0 bridgehead atoms. The minimum Gasteiger partial charge on any atom is -0.327 e. The maximum Gasteiger partial charge on any atom is 0.274 e. The molecule has 1 aliphatic heterocycles. The molecule has 0 amide bonds. The Balaban J connectivity index is 2.79. The molecule has 0 saturated heterocycles. The van der Waals surface area contributed by atoms with E-state index in [0.29, 0.717) is 5.69 Å². The van der Waals surface area contributed by atoms with Gasteiger partial charge in [-0.05, 0) is 11.6 Å². The minimum absolute atomic E-state index is 0.0914. The van der Waals surface area contributed by atoms with E-state index < -0.39 is 0 Å². The molecule has 0 radical (unpaired) electrons. The Labute approximate surface area is 57.4 Å². The summed E-state index contributed by atoms with van der Waals surface area (Å²) in [5.74, 6) is 0. The van der Waals surface area contributed by atoms with Crippen LogP contribution in [0.5, 0.6) is 0 Å². The number of pyridine rings is 1. The average Bonchev–Trinajstić information content (AvgIpc) is 2.36. The van der Waals surface area contributed by atoms with Gasteiger partial charge in [-0.3, -0.25) is 9.79 Å². The lowest BCUT2D eigenvalue weighted by atomic mass is 10.2. The van der Waals surface area contributed by atoms with E-state index in [-0.39, 0.29) is 5.56 Å². The Kier molecular flexibility index (Phi) is 0.974. The lowest BCUT2D eigenvalue weighted by Crippen LogP contribution is -2.03. The fourth-order valence-corrected chi connectivity index (χ4v) is 1.05. The lowest BCUT2D eigenvalue weighted by Gasteiger charge is -1.91. The highest BCUT2D eigenvalue weighted by molar-refractivity contribution is 5.74. The lowest BCUT2D eigenvalue weighted by molar-refractivity contribution is 1.20. The SMILES string of the molecule is O=c1[nH]ccc2c1N=CC2. The van der Waals surface area contributed by atoms with Gasteiger partial charge in [0.25, 0.3) is 5.56 Å². The maximum absolute atomic E-state index is 10.9. The van der Waals surface area contributed by atoms with E-state index in [4.69, 9.17) is 0 Å². The molecule has 3 heteroatoms. The first kappa shape index (κ1) is 5.41. The Bertz CT molecular complexity index is 338. The molecule has 10 heavy (non-hydrogen) atoms. The number of nitrogens with one attached hydrogen (secondary N) is 1. The van der Waals surface area contributed by atoms with Crippen molar-refractivity contribution in [3.63, 3.8) is 0 Å². The van der Waals surface area contributed by atoms with Gasteiger partial charge < -0.3 is 4.98 Å². The second-order valence-corrected chi connectivity index (χ2v) is 2.20. The Morgan fingerprint density at radius 1 is 1.60 bits per heavy atom. The molecule has 2 heterocycles. The van der Waals surface area contributed by atoms with Gasteiger partial charge in [0, 0.05) is 18.8 Å². The summed E-state index contributed by atoms with van der Waals surface area (Å²) < 4.78 is 0. The molecule has 1 aliphatic rings. The average molecular weight is 134 g/mol. The van der Waals surface area contributed by atoms with Crippen LogP contribution in [-0.2, 0) is 6.42 Å². The van der Waals surface area contributed by atoms with Crippen molar-refractivity contribution in [3.05, 3.63) is 28.2 Å². The highest BCUT2D eigenvalue weighted by Crippen LogP contribution is 2.16. The van der Waals surface area contributed by atoms with Crippen molar-refractivity contribution in [2.45, 2.75) is 6.42 Å². The van der Waals surface area contributed by atoms with Crippen LogP contribution in [0.4, 0.5) is 5.69 Å². The number of hydrogen-bond acceptors (Lipinski definition) is 2. The van der Waals surface area contributed by atoms with Gasteiger partial charge in [0.15, 0.2) is 0 Å². The molecule has 1 N–H and O–H groups in total. The van der Waals surface area contributed by atoms with Crippen LogP contribution >= 0.6 is 0 Å². The van der Waals surface area contributed by atoms with Crippen molar-refractivity contribution in [1.29, 1.82) is 0 Å². The molecular formula is C7H6N2O. The van der Waals surface area contributed by atoms with Crippen molar-refractivity contribution in [2.24, 2.45) is 4.99 Å². The predicted octanol–water partition coefficient (Wildman–Crippen LogP) is 0.633. The summed E-state index contributed by atoms with van der Waals surface area (Å²) in [6.45, 7) is 0. The molecule has 2 rings (SSSR count). The van der Waals surface area contributed by atoms with E-state index in [1.54, 1.807) is 12.4 Å². The molecule has 1 aromatic heterocycles. The highest BCUT2D eigenvalue weighted by atomic mass is 16.1. The van der Waals surface area contributed by atoms with E-state index in [1.807, 2.05) is 6.07 Å². The second kappa shape index (κ2) is 1.80. The van der Waals surface area contributed by atoms with Crippen LogP contribution in [0.25, 0.3) is 0 Å². The van der Waals surface area contributed by atoms with Crippen LogP contribution in [0.2, 0.25) is 0 Å². The van der Waals surface area contributed by atoms with Crippen molar-refractivity contribution in [2.75, 3.05) is 0 Å². The largest absolute Gasteiger partial charge is 0.327 e. The molecule has 0 saturated carbocycles. The van der Waals surface area contributed by atoms with Crippen LogP contribution in [0, 0.1) is 0 Å². The van der Waals surface area contributed by atoms with Gasteiger partial charge in [-0.15, -0.1) is 0 Å². The number of aromatic amines is 1. The summed E-state index contributed by atoms with van der Waals surface area (Å²) in [6, 6.07) is 1.88. The summed E-state index contributed by atoms with van der Waals surface area (Å²) in [5, 5.41) is 0. The van der Waals surface area contributed by atoms with E-state index in [1.165, 1.54) is 0 Å². The van der Waals surface area contributed by atoms with Gasteiger partial charge in [0.1, 0.15) is 5.69 Å². The van der Waals surface area contributed by atoms with Crippen LogP contribution in [0.15, 0.2) is 22.1 Å². The third-order valence-corrected chi connectivity index (χ3v) is 1.55. The summed E-state index contributed by atoms with van der Waals surface area (Å²) in [4.78, 5) is 17.4. The molecule has 0 aromatic carbocycles. The monoisotopic (exact) mass is 134 g/mol. The standard InChI is InChI=1S/C7H6N2O/c10-7-6-5(1-3-8-6)2-4-9-7/h2-4H,1H2,(H,9,10). The summed E-state index contributed by atoms with van der Waals surface area (Å²) in [7, 11) is 0. The first-order chi connectivity index (χ1) is 4.88. The van der Waals surface area contributed by atoms with Gasteiger partial charge in [-0.25, -0.2) is 0 Å². The van der Waals surface area contributed by atoms with Gasteiger partial charge >= 0.3 is 0 Å². The van der Waals surface area contributed by atoms with Crippen LogP contribution in [0.1, 0.15) is 5.56 Å².